The molecule has 0 fully saturated rings. The SMILES string of the molecule is OCCCC(O)c1ccc(-c2ccccc2)cc1. The quantitative estimate of drug-likeness (QED) is 0.845. The highest BCUT2D eigenvalue weighted by Crippen LogP contribution is 2.23. The molecule has 2 heteroatoms. The van der Waals surface area contributed by atoms with Crippen LogP contribution in [0.1, 0.15) is 24.5 Å². The van der Waals surface area contributed by atoms with Gasteiger partial charge in [-0.05, 0) is 29.5 Å². The highest BCUT2D eigenvalue weighted by Gasteiger charge is 2.06. The van der Waals surface area contributed by atoms with E-state index in [-0.39, 0.29) is 6.61 Å². The van der Waals surface area contributed by atoms with E-state index < -0.39 is 6.10 Å². The average molecular weight is 242 g/mol. The summed E-state index contributed by atoms with van der Waals surface area (Å²) in [5, 5.41) is 18.6. The van der Waals surface area contributed by atoms with E-state index in [0.717, 1.165) is 11.1 Å². The second kappa shape index (κ2) is 6.34. The van der Waals surface area contributed by atoms with Crippen molar-refractivity contribution in [3.63, 3.8) is 0 Å². The smallest absolute Gasteiger partial charge is 0.0790 e. The lowest BCUT2D eigenvalue weighted by Crippen LogP contribution is -1.98. The van der Waals surface area contributed by atoms with Gasteiger partial charge in [-0.15, -0.1) is 0 Å². The molecule has 0 amide bonds. The molecule has 2 aromatic rings. The molecule has 2 nitrogen and oxygen atoms in total. The van der Waals surface area contributed by atoms with Gasteiger partial charge in [-0.2, -0.15) is 0 Å². The molecule has 94 valence electrons. The van der Waals surface area contributed by atoms with Crippen LogP contribution in [0.4, 0.5) is 0 Å². The Morgan fingerprint density at radius 1 is 0.833 bits per heavy atom. The minimum absolute atomic E-state index is 0.124. The van der Waals surface area contributed by atoms with E-state index in [9.17, 15) is 5.11 Å². The van der Waals surface area contributed by atoms with Gasteiger partial charge in [0.15, 0.2) is 0 Å². The van der Waals surface area contributed by atoms with Crippen LogP contribution in [-0.4, -0.2) is 16.8 Å². The van der Waals surface area contributed by atoms with Gasteiger partial charge in [-0.25, -0.2) is 0 Å². The molecule has 0 aliphatic heterocycles. The molecule has 1 atom stereocenters. The summed E-state index contributed by atoms with van der Waals surface area (Å²) in [6, 6.07) is 18.1. The number of hydrogen-bond donors (Lipinski definition) is 2. The first kappa shape index (κ1) is 12.8. The molecule has 0 aliphatic rings. The van der Waals surface area contributed by atoms with E-state index in [1.807, 2.05) is 42.5 Å². The standard InChI is InChI=1S/C16H18O2/c17-12-4-7-16(18)15-10-8-14(9-11-15)13-5-2-1-3-6-13/h1-3,5-6,8-11,16-18H,4,7,12H2. The Kier molecular flexibility index (Phi) is 4.51. The molecule has 0 aromatic heterocycles. The van der Waals surface area contributed by atoms with Crippen molar-refractivity contribution in [2.45, 2.75) is 18.9 Å². The molecule has 0 spiro atoms. The number of aliphatic hydroxyl groups excluding tert-OH is 2. The first-order valence-electron chi connectivity index (χ1n) is 6.25. The maximum Gasteiger partial charge on any atom is 0.0790 e. The summed E-state index contributed by atoms with van der Waals surface area (Å²) in [7, 11) is 0. The molecular formula is C16H18O2. The summed E-state index contributed by atoms with van der Waals surface area (Å²) in [4.78, 5) is 0. The lowest BCUT2D eigenvalue weighted by molar-refractivity contribution is 0.152. The van der Waals surface area contributed by atoms with Gasteiger partial charge in [0.05, 0.1) is 6.10 Å². The largest absolute Gasteiger partial charge is 0.396 e. The number of aliphatic hydroxyl groups is 2. The third-order valence-corrected chi connectivity index (χ3v) is 3.04. The van der Waals surface area contributed by atoms with Gasteiger partial charge in [-0.3, -0.25) is 0 Å². The number of rotatable bonds is 5. The van der Waals surface area contributed by atoms with Crippen LogP contribution in [-0.2, 0) is 0 Å². The van der Waals surface area contributed by atoms with E-state index >= 15 is 0 Å². The van der Waals surface area contributed by atoms with Crippen molar-refractivity contribution in [3.05, 3.63) is 60.2 Å². The highest BCUT2D eigenvalue weighted by molar-refractivity contribution is 5.63. The fourth-order valence-electron chi connectivity index (χ4n) is 1.98. The summed E-state index contributed by atoms with van der Waals surface area (Å²) in [6.45, 7) is 0.124. The zero-order valence-electron chi connectivity index (χ0n) is 10.3. The Morgan fingerprint density at radius 3 is 2.06 bits per heavy atom. The molecule has 0 heterocycles. The first-order chi connectivity index (χ1) is 8.81. The number of hydrogen-bond acceptors (Lipinski definition) is 2. The van der Waals surface area contributed by atoms with E-state index in [1.165, 1.54) is 5.56 Å². The molecule has 1 unspecified atom stereocenters. The molecular weight excluding hydrogens is 224 g/mol. The third-order valence-electron chi connectivity index (χ3n) is 3.04. The summed E-state index contributed by atoms with van der Waals surface area (Å²) in [5.41, 5.74) is 3.23. The molecule has 2 aromatic carbocycles. The fraction of sp³-hybridized carbons (Fsp3) is 0.250. The van der Waals surface area contributed by atoms with Crippen molar-refractivity contribution < 1.29 is 10.2 Å². The van der Waals surface area contributed by atoms with Crippen LogP contribution < -0.4 is 0 Å². The monoisotopic (exact) mass is 242 g/mol. The van der Waals surface area contributed by atoms with Crippen LogP contribution in [0.3, 0.4) is 0 Å². The summed E-state index contributed by atoms with van der Waals surface area (Å²) < 4.78 is 0. The molecule has 0 saturated heterocycles. The van der Waals surface area contributed by atoms with Crippen LogP contribution in [0.5, 0.6) is 0 Å². The zero-order valence-corrected chi connectivity index (χ0v) is 10.3. The average Bonchev–Trinajstić information content (AvgIpc) is 2.46. The van der Waals surface area contributed by atoms with E-state index in [1.54, 1.807) is 0 Å². The lowest BCUT2D eigenvalue weighted by atomic mass is 10.00. The van der Waals surface area contributed by atoms with Crippen molar-refractivity contribution in [2.24, 2.45) is 0 Å². The Labute approximate surface area is 108 Å². The molecule has 2 rings (SSSR count). The summed E-state index contributed by atoms with van der Waals surface area (Å²) >= 11 is 0. The molecule has 18 heavy (non-hydrogen) atoms. The minimum Gasteiger partial charge on any atom is -0.396 e. The van der Waals surface area contributed by atoms with Crippen molar-refractivity contribution >= 4 is 0 Å². The minimum atomic E-state index is -0.484. The molecule has 2 N–H and O–H groups in total. The second-order valence-electron chi connectivity index (χ2n) is 4.37. The van der Waals surface area contributed by atoms with Crippen LogP contribution in [0.25, 0.3) is 11.1 Å². The van der Waals surface area contributed by atoms with Crippen LogP contribution >= 0.6 is 0 Å². The zero-order chi connectivity index (χ0) is 12.8. The molecule has 0 aliphatic carbocycles. The van der Waals surface area contributed by atoms with E-state index in [0.29, 0.717) is 12.8 Å². The summed E-state index contributed by atoms with van der Waals surface area (Å²) in [5.74, 6) is 0. The van der Waals surface area contributed by atoms with Gasteiger partial charge in [0.2, 0.25) is 0 Å². The number of benzene rings is 2. The maximum absolute atomic E-state index is 9.90. The Morgan fingerprint density at radius 2 is 1.44 bits per heavy atom. The van der Waals surface area contributed by atoms with Crippen LogP contribution in [0.2, 0.25) is 0 Å². The van der Waals surface area contributed by atoms with E-state index in [4.69, 9.17) is 5.11 Å². The van der Waals surface area contributed by atoms with Crippen LogP contribution in [0, 0.1) is 0 Å². The normalized spacial score (nSPS) is 12.3. The molecule has 0 radical (unpaired) electrons. The van der Waals surface area contributed by atoms with Crippen LogP contribution in [0.15, 0.2) is 54.6 Å². The Bertz CT molecular complexity index is 462. The molecule has 0 saturated carbocycles. The maximum atomic E-state index is 9.90. The second-order valence-corrected chi connectivity index (χ2v) is 4.37. The molecule has 0 bridgehead atoms. The Hall–Kier alpha value is -1.64. The van der Waals surface area contributed by atoms with Crippen molar-refractivity contribution in [1.29, 1.82) is 0 Å². The van der Waals surface area contributed by atoms with Crippen molar-refractivity contribution in [1.82, 2.24) is 0 Å². The predicted octanol–water partition coefficient (Wildman–Crippen LogP) is 3.16. The van der Waals surface area contributed by atoms with Gasteiger partial charge in [0, 0.05) is 6.61 Å². The highest BCUT2D eigenvalue weighted by atomic mass is 16.3. The van der Waals surface area contributed by atoms with Gasteiger partial charge in [-0.1, -0.05) is 54.6 Å². The topological polar surface area (TPSA) is 40.5 Å². The van der Waals surface area contributed by atoms with Gasteiger partial charge < -0.3 is 10.2 Å². The van der Waals surface area contributed by atoms with Gasteiger partial charge >= 0.3 is 0 Å². The summed E-state index contributed by atoms with van der Waals surface area (Å²) in [6.07, 6.45) is 0.741. The van der Waals surface area contributed by atoms with Crippen molar-refractivity contribution in [2.75, 3.05) is 6.61 Å². The first-order valence-corrected chi connectivity index (χ1v) is 6.25. The predicted molar refractivity (Wildman–Crippen MR) is 73.2 cm³/mol. The van der Waals surface area contributed by atoms with Crippen molar-refractivity contribution in [3.8, 4) is 11.1 Å². The van der Waals surface area contributed by atoms with E-state index in [2.05, 4.69) is 12.1 Å². The fourth-order valence-corrected chi connectivity index (χ4v) is 1.98. The van der Waals surface area contributed by atoms with Gasteiger partial charge in [0.25, 0.3) is 0 Å². The third kappa shape index (κ3) is 3.19. The Balaban J connectivity index is 2.10. The lowest BCUT2D eigenvalue weighted by Gasteiger charge is -2.11. The van der Waals surface area contributed by atoms with Gasteiger partial charge in [0.1, 0.15) is 0 Å².